The van der Waals surface area contributed by atoms with Crippen LogP contribution >= 0.6 is 0 Å². The normalized spacial score (nSPS) is 24.2. The summed E-state index contributed by atoms with van der Waals surface area (Å²) in [4.78, 5) is 26.9. The summed E-state index contributed by atoms with van der Waals surface area (Å²) in [6.45, 7) is 19.2. The SMILES string of the molecule is CC1(C)CC(C(C)(C2CC(C)(C)NC(C)(C)C2)C(Cc2ccccc2)(C(=O)O)C(=O)O)CC(C)(C)N1. The van der Waals surface area contributed by atoms with Crippen molar-refractivity contribution in [2.24, 2.45) is 22.7 Å². The second kappa shape index (κ2) is 9.13. The van der Waals surface area contributed by atoms with E-state index in [9.17, 15) is 19.8 Å². The van der Waals surface area contributed by atoms with Crippen LogP contribution in [0.1, 0.15) is 93.6 Å². The summed E-state index contributed by atoms with van der Waals surface area (Å²) >= 11 is 0. The molecule has 36 heavy (non-hydrogen) atoms. The topological polar surface area (TPSA) is 98.7 Å². The lowest BCUT2D eigenvalue weighted by atomic mass is 9.45. The summed E-state index contributed by atoms with van der Waals surface area (Å²) in [7, 11) is 0. The highest BCUT2D eigenvalue weighted by Gasteiger charge is 2.67. The lowest BCUT2D eigenvalue weighted by molar-refractivity contribution is -0.193. The van der Waals surface area contributed by atoms with Gasteiger partial charge in [0.15, 0.2) is 5.41 Å². The summed E-state index contributed by atoms with van der Waals surface area (Å²) < 4.78 is 0. The number of piperidine rings is 2. The molecule has 2 saturated heterocycles. The summed E-state index contributed by atoms with van der Waals surface area (Å²) in [6.07, 6.45) is 2.83. The van der Waals surface area contributed by atoms with E-state index >= 15 is 0 Å². The molecule has 2 aliphatic heterocycles. The fourth-order valence-electron chi connectivity index (χ4n) is 8.32. The van der Waals surface area contributed by atoms with Crippen LogP contribution in [0.15, 0.2) is 30.3 Å². The quantitative estimate of drug-likeness (QED) is 0.369. The van der Waals surface area contributed by atoms with E-state index in [4.69, 9.17) is 0 Å². The Morgan fingerprint density at radius 2 is 1.08 bits per heavy atom. The van der Waals surface area contributed by atoms with Gasteiger partial charge in [-0.3, -0.25) is 9.59 Å². The molecular formula is C30H48N2O4. The van der Waals surface area contributed by atoms with Crippen molar-refractivity contribution in [2.45, 2.75) is 117 Å². The molecule has 2 aliphatic rings. The Hall–Kier alpha value is -1.92. The zero-order chi connectivity index (χ0) is 27.4. The number of hydrogen-bond donors (Lipinski definition) is 4. The molecule has 3 rings (SSSR count). The molecule has 0 bridgehead atoms. The van der Waals surface area contributed by atoms with Gasteiger partial charge in [0.25, 0.3) is 0 Å². The van der Waals surface area contributed by atoms with Gasteiger partial charge in [0.2, 0.25) is 0 Å². The van der Waals surface area contributed by atoms with Crippen LogP contribution in [0.3, 0.4) is 0 Å². The number of aliphatic carboxylic acids is 2. The lowest BCUT2D eigenvalue weighted by Gasteiger charge is -2.61. The van der Waals surface area contributed by atoms with Gasteiger partial charge < -0.3 is 20.8 Å². The van der Waals surface area contributed by atoms with E-state index in [2.05, 4.69) is 66.0 Å². The highest BCUT2D eigenvalue weighted by atomic mass is 16.4. The number of carbonyl (C=O) groups is 2. The minimum Gasteiger partial charge on any atom is -0.480 e. The highest BCUT2D eigenvalue weighted by Crippen LogP contribution is 2.61. The Morgan fingerprint density at radius 3 is 1.39 bits per heavy atom. The van der Waals surface area contributed by atoms with E-state index in [1.807, 2.05) is 37.3 Å². The summed E-state index contributed by atoms with van der Waals surface area (Å²) in [5.41, 5.74) is -3.23. The molecule has 1 aromatic carbocycles. The fraction of sp³-hybridized carbons (Fsp3) is 0.733. The summed E-state index contributed by atoms with van der Waals surface area (Å²) in [6, 6.07) is 9.30. The molecule has 0 radical (unpaired) electrons. The Kier molecular flexibility index (Phi) is 7.26. The molecule has 1 aromatic rings. The van der Waals surface area contributed by atoms with Gasteiger partial charge in [0.1, 0.15) is 0 Å². The molecule has 6 nitrogen and oxygen atoms in total. The van der Waals surface area contributed by atoms with Crippen molar-refractivity contribution in [3.63, 3.8) is 0 Å². The molecule has 0 spiro atoms. The predicted octanol–water partition coefficient (Wildman–Crippen LogP) is 5.50. The van der Waals surface area contributed by atoms with Crippen molar-refractivity contribution in [1.82, 2.24) is 10.6 Å². The first-order valence-corrected chi connectivity index (χ1v) is 13.3. The zero-order valence-corrected chi connectivity index (χ0v) is 23.8. The average molecular weight is 501 g/mol. The van der Waals surface area contributed by atoms with Gasteiger partial charge in [-0.25, -0.2) is 0 Å². The van der Waals surface area contributed by atoms with Crippen molar-refractivity contribution in [3.8, 4) is 0 Å². The van der Waals surface area contributed by atoms with Gasteiger partial charge in [0.05, 0.1) is 0 Å². The number of rotatable bonds is 7. The Labute approximate surface area is 217 Å². The number of carboxylic acid groups (broad SMARTS) is 2. The smallest absolute Gasteiger partial charge is 0.321 e. The van der Waals surface area contributed by atoms with E-state index in [1.54, 1.807) is 0 Å². The molecule has 6 heteroatoms. The number of carboxylic acids is 2. The monoisotopic (exact) mass is 500 g/mol. The largest absolute Gasteiger partial charge is 0.480 e. The second-order valence-electron chi connectivity index (χ2n) is 14.5. The van der Waals surface area contributed by atoms with E-state index in [0.717, 1.165) is 31.2 Å². The van der Waals surface area contributed by atoms with Gasteiger partial charge in [-0.15, -0.1) is 0 Å². The third kappa shape index (κ3) is 5.35. The van der Waals surface area contributed by atoms with E-state index < -0.39 is 22.8 Å². The summed E-state index contributed by atoms with van der Waals surface area (Å²) in [5, 5.41) is 29.4. The first-order chi connectivity index (χ1) is 16.3. The van der Waals surface area contributed by atoms with Gasteiger partial charge in [-0.05, 0) is 105 Å². The molecule has 2 fully saturated rings. The number of benzene rings is 1. The first-order valence-electron chi connectivity index (χ1n) is 13.3. The van der Waals surface area contributed by atoms with Crippen molar-refractivity contribution < 1.29 is 19.8 Å². The highest BCUT2D eigenvalue weighted by molar-refractivity contribution is 5.99. The van der Waals surface area contributed by atoms with Crippen LogP contribution in [-0.2, 0) is 16.0 Å². The third-order valence-corrected chi connectivity index (χ3v) is 9.04. The maximum atomic E-state index is 13.4. The molecule has 0 aliphatic carbocycles. The molecule has 4 N–H and O–H groups in total. The predicted molar refractivity (Wildman–Crippen MR) is 144 cm³/mol. The van der Waals surface area contributed by atoms with E-state index in [0.29, 0.717) is 0 Å². The molecule has 0 atom stereocenters. The van der Waals surface area contributed by atoms with Crippen molar-refractivity contribution in [1.29, 1.82) is 0 Å². The van der Waals surface area contributed by atoms with Crippen molar-refractivity contribution in [3.05, 3.63) is 35.9 Å². The van der Waals surface area contributed by atoms with Crippen LogP contribution in [0.4, 0.5) is 0 Å². The Morgan fingerprint density at radius 1 is 0.750 bits per heavy atom. The van der Waals surface area contributed by atoms with Gasteiger partial charge >= 0.3 is 11.9 Å². The third-order valence-electron chi connectivity index (χ3n) is 9.04. The van der Waals surface area contributed by atoms with Gasteiger partial charge in [-0.2, -0.15) is 0 Å². The summed E-state index contributed by atoms with van der Waals surface area (Å²) in [5.74, 6) is -2.67. The van der Waals surface area contributed by atoms with Crippen LogP contribution in [0.2, 0.25) is 0 Å². The molecule has 0 unspecified atom stereocenters. The molecule has 0 saturated carbocycles. The zero-order valence-electron chi connectivity index (χ0n) is 23.8. The Balaban J connectivity index is 2.32. The first kappa shape index (κ1) is 28.6. The maximum Gasteiger partial charge on any atom is 0.321 e. The maximum absolute atomic E-state index is 13.4. The van der Waals surface area contributed by atoms with Gasteiger partial charge in [-0.1, -0.05) is 37.3 Å². The second-order valence-corrected chi connectivity index (χ2v) is 14.5. The minimum atomic E-state index is -1.98. The van der Waals surface area contributed by atoms with Crippen LogP contribution in [-0.4, -0.2) is 44.3 Å². The molecule has 0 aromatic heterocycles. The van der Waals surface area contributed by atoms with Crippen LogP contribution in [0.25, 0.3) is 0 Å². The van der Waals surface area contributed by atoms with Crippen LogP contribution < -0.4 is 10.6 Å². The van der Waals surface area contributed by atoms with Crippen LogP contribution in [0.5, 0.6) is 0 Å². The minimum absolute atomic E-state index is 0.0371. The number of hydrogen-bond acceptors (Lipinski definition) is 4. The van der Waals surface area contributed by atoms with E-state index in [-0.39, 0.29) is 40.4 Å². The van der Waals surface area contributed by atoms with Crippen molar-refractivity contribution >= 4 is 11.9 Å². The van der Waals surface area contributed by atoms with Crippen LogP contribution in [0, 0.1) is 22.7 Å². The molecule has 0 amide bonds. The fourth-order valence-corrected chi connectivity index (χ4v) is 8.32. The standard InChI is InChI=1S/C30H48N2O4/c1-25(2)16-21(17-26(3,4)31-25)29(9,22-18-27(5,6)32-28(7,8)19-22)30(23(33)34,24(35)36)15-20-13-11-10-12-14-20/h10-14,21-22,31-32H,15-19H2,1-9H3,(H,33,34)(H,35,36). The lowest BCUT2D eigenvalue weighted by Crippen LogP contribution is -2.69. The van der Waals surface area contributed by atoms with Crippen molar-refractivity contribution in [2.75, 3.05) is 0 Å². The Bertz CT molecular complexity index is 896. The average Bonchev–Trinajstić information content (AvgIpc) is 2.67. The molecule has 2 heterocycles. The van der Waals surface area contributed by atoms with Gasteiger partial charge in [0, 0.05) is 27.6 Å². The number of nitrogens with one attached hydrogen (secondary N) is 2. The molecule has 202 valence electrons. The molecular weight excluding hydrogens is 452 g/mol. The van der Waals surface area contributed by atoms with E-state index in [1.165, 1.54) is 0 Å².